The average Bonchev–Trinajstić information content (AvgIpc) is 3.35. The van der Waals surface area contributed by atoms with Crippen LogP contribution in [0.5, 0.6) is 5.75 Å². The van der Waals surface area contributed by atoms with Crippen LogP contribution in [0, 0.1) is 0 Å². The zero-order chi connectivity index (χ0) is 23.3. The Balaban J connectivity index is 1.37. The fourth-order valence-corrected chi connectivity index (χ4v) is 4.32. The molecule has 0 bridgehead atoms. The molecule has 0 unspecified atom stereocenters. The minimum Gasteiger partial charge on any atom is -0.497 e. The Hall–Kier alpha value is -3.90. The summed E-state index contributed by atoms with van der Waals surface area (Å²) in [7, 11) is 1.65. The summed E-state index contributed by atoms with van der Waals surface area (Å²) in [5, 5.41) is 4.81. The van der Waals surface area contributed by atoms with Crippen molar-refractivity contribution in [2.75, 3.05) is 33.3 Å². The highest BCUT2D eigenvalue weighted by Gasteiger charge is 2.26. The van der Waals surface area contributed by atoms with Gasteiger partial charge in [-0.05, 0) is 48.0 Å². The summed E-state index contributed by atoms with van der Waals surface area (Å²) in [5.41, 5.74) is 4.45. The Labute approximate surface area is 200 Å². The molecule has 0 atom stereocenters. The number of aromatic nitrogens is 2. The molecule has 1 aliphatic rings. The number of amides is 1. The summed E-state index contributed by atoms with van der Waals surface area (Å²) in [4.78, 5) is 18.0. The third kappa shape index (κ3) is 4.72. The second-order valence-electron chi connectivity index (χ2n) is 8.44. The van der Waals surface area contributed by atoms with E-state index < -0.39 is 0 Å². The predicted octanol–water partition coefficient (Wildman–Crippen LogP) is 4.51. The van der Waals surface area contributed by atoms with Crippen LogP contribution >= 0.6 is 0 Å². The van der Waals surface area contributed by atoms with E-state index in [4.69, 9.17) is 9.84 Å². The Morgan fingerprint density at radius 2 is 1.50 bits per heavy atom. The summed E-state index contributed by atoms with van der Waals surface area (Å²) in [6.45, 7) is 4.01. The number of carbonyl (C=O) groups is 1. The molecule has 6 nitrogen and oxygen atoms in total. The minimum absolute atomic E-state index is 0.00970. The Morgan fingerprint density at radius 1 is 0.853 bits per heavy atom. The van der Waals surface area contributed by atoms with E-state index in [1.807, 2.05) is 71.6 Å². The molecule has 0 radical (unpaired) electrons. The van der Waals surface area contributed by atoms with Crippen LogP contribution in [0.25, 0.3) is 16.9 Å². The Bertz CT molecular complexity index is 1230. The molecular formula is C28H28N4O2. The van der Waals surface area contributed by atoms with Crippen LogP contribution in [0.15, 0.2) is 91.0 Å². The SMILES string of the molecule is COc1ccc(-c2cc(C(=O)N3CCN(Cc4ccccc4)CC3)n(-c3ccccc3)n2)cc1. The van der Waals surface area contributed by atoms with Gasteiger partial charge in [0.25, 0.3) is 5.91 Å². The average molecular weight is 453 g/mol. The summed E-state index contributed by atoms with van der Waals surface area (Å²) in [6.07, 6.45) is 0. The second kappa shape index (κ2) is 9.93. The standard InChI is InChI=1S/C28H28N4O2/c1-34-25-14-12-23(13-15-25)26-20-27(32(29-26)24-10-6-3-7-11-24)28(33)31-18-16-30(17-19-31)21-22-8-4-2-5-9-22/h2-15,20H,16-19,21H2,1H3. The molecule has 172 valence electrons. The number of hydrogen-bond donors (Lipinski definition) is 0. The summed E-state index contributed by atoms with van der Waals surface area (Å²) < 4.78 is 7.04. The minimum atomic E-state index is 0.00970. The molecule has 0 N–H and O–H groups in total. The first-order valence-electron chi connectivity index (χ1n) is 11.6. The smallest absolute Gasteiger partial charge is 0.272 e. The zero-order valence-electron chi connectivity index (χ0n) is 19.3. The molecular weight excluding hydrogens is 424 g/mol. The number of hydrogen-bond acceptors (Lipinski definition) is 4. The molecule has 1 amide bonds. The van der Waals surface area contributed by atoms with Crippen LogP contribution in [0.3, 0.4) is 0 Å². The highest BCUT2D eigenvalue weighted by atomic mass is 16.5. The van der Waals surface area contributed by atoms with E-state index in [2.05, 4.69) is 29.2 Å². The predicted molar refractivity (Wildman–Crippen MR) is 133 cm³/mol. The van der Waals surface area contributed by atoms with Crippen LogP contribution in [-0.4, -0.2) is 58.8 Å². The number of piperazine rings is 1. The van der Waals surface area contributed by atoms with Gasteiger partial charge < -0.3 is 9.64 Å². The molecule has 1 fully saturated rings. The van der Waals surface area contributed by atoms with E-state index in [9.17, 15) is 4.79 Å². The van der Waals surface area contributed by atoms with E-state index in [0.29, 0.717) is 18.8 Å². The number of nitrogens with zero attached hydrogens (tertiary/aromatic N) is 4. The van der Waals surface area contributed by atoms with Crippen LogP contribution in [0.1, 0.15) is 16.1 Å². The Morgan fingerprint density at radius 3 is 2.15 bits per heavy atom. The van der Waals surface area contributed by atoms with Crippen LogP contribution in [0.4, 0.5) is 0 Å². The normalized spacial score (nSPS) is 14.2. The van der Waals surface area contributed by atoms with Crippen LogP contribution in [-0.2, 0) is 6.54 Å². The summed E-state index contributed by atoms with van der Waals surface area (Å²) in [5.74, 6) is 0.798. The molecule has 2 heterocycles. The van der Waals surface area contributed by atoms with Gasteiger partial charge in [0.2, 0.25) is 0 Å². The molecule has 6 heteroatoms. The van der Waals surface area contributed by atoms with E-state index >= 15 is 0 Å². The highest BCUT2D eigenvalue weighted by molar-refractivity contribution is 5.94. The number of ether oxygens (including phenoxy) is 1. The number of benzene rings is 3. The monoisotopic (exact) mass is 452 g/mol. The Kier molecular flexibility index (Phi) is 6.40. The summed E-state index contributed by atoms with van der Waals surface area (Å²) >= 11 is 0. The molecule has 0 spiro atoms. The third-order valence-electron chi connectivity index (χ3n) is 6.22. The van der Waals surface area contributed by atoms with Crippen molar-refractivity contribution in [3.05, 3.63) is 102 Å². The van der Waals surface area contributed by atoms with E-state index in [1.165, 1.54) is 5.56 Å². The van der Waals surface area contributed by atoms with Crippen molar-refractivity contribution in [3.63, 3.8) is 0 Å². The second-order valence-corrected chi connectivity index (χ2v) is 8.44. The largest absolute Gasteiger partial charge is 0.497 e. The van der Waals surface area contributed by atoms with Gasteiger partial charge in [0.15, 0.2) is 0 Å². The zero-order valence-corrected chi connectivity index (χ0v) is 19.3. The molecule has 34 heavy (non-hydrogen) atoms. The van der Waals surface area contributed by atoms with Crippen molar-refractivity contribution in [1.82, 2.24) is 19.6 Å². The molecule has 1 aromatic heterocycles. The fourth-order valence-electron chi connectivity index (χ4n) is 4.32. The van der Waals surface area contributed by atoms with Crippen molar-refractivity contribution in [2.24, 2.45) is 0 Å². The molecule has 1 aliphatic heterocycles. The molecule has 1 saturated heterocycles. The topological polar surface area (TPSA) is 50.6 Å². The first-order chi connectivity index (χ1) is 16.7. The van der Waals surface area contributed by atoms with Gasteiger partial charge in [0.05, 0.1) is 18.5 Å². The van der Waals surface area contributed by atoms with Crippen molar-refractivity contribution < 1.29 is 9.53 Å². The van der Waals surface area contributed by atoms with Crippen molar-refractivity contribution in [2.45, 2.75) is 6.54 Å². The lowest BCUT2D eigenvalue weighted by atomic mass is 10.1. The maximum absolute atomic E-state index is 13.6. The molecule has 3 aromatic carbocycles. The van der Waals surface area contributed by atoms with E-state index in [-0.39, 0.29) is 5.91 Å². The number of para-hydroxylation sites is 1. The lowest BCUT2D eigenvalue weighted by Gasteiger charge is -2.34. The number of rotatable bonds is 6. The summed E-state index contributed by atoms with van der Waals surface area (Å²) in [6, 6.07) is 29.9. The van der Waals surface area contributed by atoms with Crippen molar-refractivity contribution >= 4 is 5.91 Å². The van der Waals surface area contributed by atoms with Crippen LogP contribution < -0.4 is 4.74 Å². The lowest BCUT2D eigenvalue weighted by Crippen LogP contribution is -2.48. The van der Waals surface area contributed by atoms with Gasteiger partial charge in [0, 0.05) is 38.3 Å². The van der Waals surface area contributed by atoms with Crippen molar-refractivity contribution in [3.8, 4) is 22.7 Å². The quantitative estimate of drug-likeness (QED) is 0.432. The first-order valence-corrected chi connectivity index (χ1v) is 11.6. The maximum Gasteiger partial charge on any atom is 0.272 e. The van der Waals surface area contributed by atoms with Crippen molar-refractivity contribution in [1.29, 1.82) is 0 Å². The van der Waals surface area contributed by atoms with E-state index in [0.717, 1.165) is 42.3 Å². The van der Waals surface area contributed by atoms with Gasteiger partial charge in [-0.15, -0.1) is 0 Å². The maximum atomic E-state index is 13.6. The number of carbonyl (C=O) groups excluding carboxylic acids is 1. The van der Waals surface area contributed by atoms with E-state index in [1.54, 1.807) is 11.8 Å². The van der Waals surface area contributed by atoms with Gasteiger partial charge in [-0.1, -0.05) is 48.5 Å². The van der Waals surface area contributed by atoms with Gasteiger partial charge >= 0.3 is 0 Å². The first kappa shape index (κ1) is 21.9. The van der Waals surface area contributed by atoms with Crippen LogP contribution in [0.2, 0.25) is 0 Å². The molecule has 0 saturated carbocycles. The van der Waals surface area contributed by atoms with Gasteiger partial charge in [-0.25, -0.2) is 4.68 Å². The molecule has 5 rings (SSSR count). The third-order valence-corrected chi connectivity index (χ3v) is 6.22. The van der Waals surface area contributed by atoms with Gasteiger partial charge in [-0.3, -0.25) is 9.69 Å². The van der Waals surface area contributed by atoms with Gasteiger partial charge in [0.1, 0.15) is 11.4 Å². The number of methoxy groups -OCH3 is 1. The fraction of sp³-hybridized carbons (Fsp3) is 0.214. The highest BCUT2D eigenvalue weighted by Crippen LogP contribution is 2.25. The molecule has 0 aliphatic carbocycles. The lowest BCUT2D eigenvalue weighted by molar-refractivity contribution is 0.0619. The van der Waals surface area contributed by atoms with Gasteiger partial charge in [-0.2, -0.15) is 5.10 Å². The molecule has 4 aromatic rings.